The third-order valence-corrected chi connectivity index (χ3v) is 6.16. The second-order valence-electron chi connectivity index (χ2n) is 7.31. The van der Waals surface area contributed by atoms with Gasteiger partial charge in [0.2, 0.25) is 5.43 Å². The highest BCUT2D eigenvalue weighted by atomic mass is 16.5. The molecule has 6 nitrogen and oxygen atoms in total. The van der Waals surface area contributed by atoms with Crippen LogP contribution in [0, 0.1) is 11.3 Å². The first-order valence-corrected chi connectivity index (χ1v) is 9.03. The summed E-state index contributed by atoms with van der Waals surface area (Å²) in [5, 5.41) is 5.90. The average Bonchev–Trinajstić information content (AvgIpc) is 3.23. The van der Waals surface area contributed by atoms with Crippen LogP contribution in [0.3, 0.4) is 0 Å². The minimum Gasteiger partial charge on any atom is -0.377 e. The summed E-state index contributed by atoms with van der Waals surface area (Å²) in [6, 6.07) is 1.38. The quantitative estimate of drug-likeness (QED) is 0.893. The summed E-state index contributed by atoms with van der Waals surface area (Å²) in [5.74, 6) is 0.428. The van der Waals surface area contributed by atoms with E-state index in [1.807, 2.05) is 11.5 Å². The Bertz CT molecular complexity index is 693. The molecule has 1 spiro atoms. The Kier molecular flexibility index (Phi) is 3.87. The van der Waals surface area contributed by atoms with Crippen LogP contribution in [-0.4, -0.2) is 29.4 Å². The van der Waals surface area contributed by atoms with Gasteiger partial charge in [-0.15, -0.1) is 0 Å². The van der Waals surface area contributed by atoms with Crippen molar-refractivity contribution >= 4 is 11.7 Å². The van der Waals surface area contributed by atoms with Crippen molar-refractivity contribution in [1.82, 2.24) is 9.88 Å². The van der Waals surface area contributed by atoms with Gasteiger partial charge < -0.3 is 19.9 Å². The molecule has 2 saturated carbocycles. The van der Waals surface area contributed by atoms with Crippen molar-refractivity contribution in [2.45, 2.75) is 57.7 Å². The molecule has 2 heterocycles. The average molecular weight is 331 g/mol. The summed E-state index contributed by atoms with van der Waals surface area (Å²) in [5.41, 5.74) is 0.288. The van der Waals surface area contributed by atoms with Crippen LogP contribution in [-0.2, 0) is 11.3 Å². The van der Waals surface area contributed by atoms with Gasteiger partial charge in [0.1, 0.15) is 5.69 Å². The van der Waals surface area contributed by atoms with Gasteiger partial charge in [-0.3, -0.25) is 4.79 Å². The van der Waals surface area contributed by atoms with Gasteiger partial charge in [0.25, 0.3) is 0 Å². The van der Waals surface area contributed by atoms with E-state index in [-0.39, 0.29) is 22.9 Å². The van der Waals surface area contributed by atoms with Crippen LogP contribution in [0.15, 0.2) is 23.3 Å². The summed E-state index contributed by atoms with van der Waals surface area (Å²) in [4.78, 5) is 24.4. The third-order valence-electron chi connectivity index (χ3n) is 6.16. The topological polar surface area (TPSA) is 72.4 Å². The number of urea groups is 1. The molecule has 1 aromatic heterocycles. The van der Waals surface area contributed by atoms with Gasteiger partial charge >= 0.3 is 6.03 Å². The number of amides is 2. The second-order valence-corrected chi connectivity index (χ2v) is 7.31. The lowest BCUT2D eigenvalue weighted by Crippen LogP contribution is -2.68. The van der Waals surface area contributed by atoms with Crippen LogP contribution in [0.2, 0.25) is 0 Å². The summed E-state index contributed by atoms with van der Waals surface area (Å²) in [6.07, 6.45) is 9.45. The van der Waals surface area contributed by atoms with Crippen LogP contribution in [0.25, 0.3) is 0 Å². The van der Waals surface area contributed by atoms with Gasteiger partial charge in [0.15, 0.2) is 0 Å². The molecule has 4 rings (SSSR count). The fraction of sp³-hybridized carbons (Fsp3) is 0.667. The van der Waals surface area contributed by atoms with E-state index < -0.39 is 0 Å². The number of fused-ring (bicyclic) bond motifs is 2. The Morgan fingerprint density at radius 3 is 2.96 bits per heavy atom. The molecule has 6 heteroatoms. The Labute approximate surface area is 141 Å². The molecule has 2 N–H and O–H groups in total. The first-order valence-electron chi connectivity index (χ1n) is 9.03. The van der Waals surface area contributed by atoms with Crippen LogP contribution in [0.5, 0.6) is 0 Å². The number of rotatable bonds is 3. The molecule has 0 bridgehead atoms. The van der Waals surface area contributed by atoms with Crippen molar-refractivity contribution in [2.24, 2.45) is 11.3 Å². The number of ether oxygens (including phenoxy) is 1. The Morgan fingerprint density at radius 1 is 1.42 bits per heavy atom. The molecule has 0 radical (unpaired) electrons. The number of hydrogen-bond donors (Lipinski definition) is 2. The number of nitrogens with zero attached hydrogens (tertiary/aromatic N) is 1. The van der Waals surface area contributed by atoms with Crippen LogP contribution >= 0.6 is 0 Å². The van der Waals surface area contributed by atoms with E-state index in [2.05, 4.69) is 10.6 Å². The van der Waals surface area contributed by atoms with Crippen molar-refractivity contribution in [3.05, 3.63) is 28.7 Å². The van der Waals surface area contributed by atoms with E-state index in [9.17, 15) is 9.59 Å². The predicted molar refractivity (Wildman–Crippen MR) is 91.1 cm³/mol. The molecule has 3 fully saturated rings. The lowest BCUT2D eigenvalue weighted by atomic mass is 9.54. The van der Waals surface area contributed by atoms with Crippen LogP contribution < -0.4 is 16.1 Å². The number of carbonyl (C=O) groups excluding carboxylic acids is 1. The molecule has 1 aliphatic heterocycles. The molecule has 0 aromatic carbocycles. The zero-order chi connectivity index (χ0) is 16.7. The van der Waals surface area contributed by atoms with Gasteiger partial charge in [-0.25, -0.2) is 4.79 Å². The van der Waals surface area contributed by atoms with Crippen molar-refractivity contribution in [2.75, 3.05) is 11.9 Å². The van der Waals surface area contributed by atoms with Gasteiger partial charge in [-0.2, -0.15) is 0 Å². The van der Waals surface area contributed by atoms with Crippen molar-refractivity contribution in [3.8, 4) is 0 Å². The summed E-state index contributed by atoms with van der Waals surface area (Å²) in [7, 11) is 0. The lowest BCUT2D eigenvalue weighted by molar-refractivity contribution is -0.125. The maximum atomic E-state index is 12.5. The largest absolute Gasteiger partial charge is 0.377 e. The number of aromatic nitrogens is 1. The fourth-order valence-corrected chi connectivity index (χ4v) is 5.02. The van der Waals surface area contributed by atoms with Crippen molar-refractivity contribution in [3.63, 3.8) is 0 Å². The standard InChI is InChI=1S/C18H25N3O3/c1-2-21-9-5-14(22)13(11-21)19-17(23)20-15-12-6-10-24-16(12)18(15)7-3-4-8-18/h5,9,11-12,15-16H,2-4,6-8,10H2,1H3,(H2,19,20,23)/t12-,15+,16+/m0/s1. The number of anilines is 1. The summed E-state index contributed by atoms with van der Waals surface area (Å²) < 4.78 is 7.82. The number of pyridine rings is 1. The minimum atomic E-state index is -0.275. The zero-order valence-corrected chi connectivity index (χ0v) is 14.1. The molecular formula is C18H25N3O3. The molecule has 130 valence electrons. The monoisotopic (exact) mass is 331 g/mol. The smallest absolute Gasteiger partial charge is 0.319 e. The summed E-state index contributed by atoms with van der Waals surface area (Å²) in [6.45, 7) is 3.55. The molecule has 24 heavy (non-hydrogen) atoms. The molecule has 2 aliphatic carbocycles. The van der Waals surface area contributed by atoms with E-state index >= 15 is 0 Å². The molecular weight excluding hydrogens is 306 g/mol. The Balaban J connectivity index is 1.47. The molecule has 0 unspecified atom stereocenters. The van der Waals surface area contributed by atoms with Crippen molar-refractivity contribution < 1.29 is 9.53 Å². The highest BCUT2D eigenvalue weighted by Gasteiger charge is 2.65. The van der Waals surface area contributed by atoms with Gasteiger partial charge in [0.05, 0.1) is 6.10 Å². The number of carbonyl (C=O) groups is 1. The van der Waals surface area contributed by atoms with E-state index in [0.29, 0.717) is 17.7 Å². The normalized spacial score (nSPS) is 30.0. The first-order chi connectivity index (χ1) is 11.6. The van der Waals surface area contributed by atoms with E-state index in [1.54, 1.807) is 12.4 Å². The van der Waals surface area contributed by atoms with Gasteiger partial charge in [0, 0.05) is 49.0 Å². The Hall–Kier alpha value is -1.82. The van der Waals surface area contributed by atoms with Gasteiger partial charge in [-0.05, 0) is 26.2 Å². The lowest BCUT2D eigenvalue weighted by Gasteiger charge is -2.56. The zero-order valence-electron chi connectivity index (χ0n) is 14.1. The number of hydrogen-bond acceptors (Lipinski definition) is 3. The predicted octanol–water partition coefficient (Wildman–Crippen LogP) is 2.34. The van der Waals surface area contributed by atoms with Crippen molar-refractivity contribution in [1.29, 1.82) is 0 Å². The first kappa shape index (κ1) is 15.7. The SMILES string of the molecule is CCn1ccc(=O)c(NC(=O)N[C@@H]2[C@@H]3CCO[C@H]3C23CCCC3)c1. The summed E-state index contributed by atoms with van der Waals surface area (Å²) >= 11 is 0. The Morgan fingerprint density at radius 2 is 2.21 bits per heavy atom. The number of aryl methyl sites for hydroxylation is 1. The van der Waals surface area contributed by atoms with E-state index in [4.69, 9.17) is 4.74 Å². The maximum Gasteiger partial charge on any atom is 0.319 e. The highest BCUT2D eigenvalue weighted by Crippen LogP contribution is 2.60. The molecule has 3 aliphatic rings. The van der Waals surface area contributed by atoms with Gasteiger partial charge in [-0.1, -0.05) is 12.8 Å². The molecule has 1 aromatic rings. The molecule has 3 atom stereocenters. The van der Waals surface area contributed by atoms with E-state index in [0.717, 1.165) is 32.4 Å². The molecule has 1 saturated heterocycles. The second kappa shape index (κ2) is 5.92. The minimum absolute atomic E-state index is 0.124. The highest BCUT2D eigenvalue weighted by molar-refractivity contribution is 5.89. The fourth-order valence-electron chi connectivity index (χ4n) is 5.02. The molecule has 2 amide bonds. The van der Waals surface area contributed by atoms with Crippen LogP contribution in [0.4, 0.5) is 10.5 Å². The van der Waals surface area contributed by atoms with E-state index in [1.165, 1.54) is 18.9 Å². The number of nitrogens with one attached hydrogen (secondary N) is 2. The third kappa shape index (κ3) is 2.35. The maximum absolute atomic E-state index is 12.5. The van der Waals surface area contributed by atoms with Crippen LogP contribution in [0.1, 0.15) is 39.0 Å².